The third-order valence-corrected chi connectivity index (χ3v) is 4.11. The minimum absolute atomic E-state index is 0.660. The molecule has 1 aromatic rings. The first-order chi connectivity index (χ1) is 7.27. The number of halogens is 2. The van der Waals surface area contributed by atoms with E-state index in [0.29, 0.717) is 5.15 Å². The van der Waals surface area contributed by atoms with Gasteiger partial charge in [0, 0.05) is 21.9 Å². The normalized spacial score (nSPS) is 18.0. The van der Waals surface area contributed by atoms with Gasteiger partial charge in [-0.05, 0) is 54.6 Å². The molecule has 0 unspecified atom stereocenters. The lowest BCUT2D eigenvalue weighted by Gasteiger charge is -2.26. The molecule has 1 aliphatic heterocycles. The highest BCUT2D eigenvalue weighted by Gasteiger charge is 2.14. The number of piperidine rings is 1. The Kier molecular flexibility index (Phi) is 4.22. The van der Waals surface area contributed by atoms with E-state index in [1.54, 1.807) is 6.20 Å². The van der Waals surface area contributed by atoms with E-state index in [0.717, 1.165) is 6.54 Å². The van der Waals surface area contributed by atoms with Gasteiger partial charge in [0.05, 0.1) is 0 Å². The molecule has 4 heteroatoms. The fourth-order valence-electron chi connectivity index (χ4n) is 1.93. The highest BCUT2D eigenvalue weighted by Crippen LogP contribution is 2.22. The first-order valence-electron chi connectivity index (χ1n) is 5.28. The number of hydrogen-bond donors (Lipinski definition) is 0. The summed E-state index contributed by atoms with van der Waals surface area (Å²) in [5.74, 6) is 0. The third kappa shape index (κ3) is 3.04. The molecule has 0 aliphatic carbocycles. The van der Waals surface area contributed by atoms with E-state index in [9.17, 15) is 0 Å². The van der Waals surface area contributed by atoms with Crippen LogP contribution in [-0.2, 0) is 6.54 Å². The van der Waals surface area contributed by atoms with Gasteiger partial charge in [-0.2, -0.15) is 0 Å². The summed E-state index contributed by atoms with van der Waals surface area (Å²) in [5.41, 5.74) is 1.18. The summed E-state index contributed by atoms with van der Waals surface area (Å²) >= 11 is 8.44. The molecular weight excluding hydrogens is 322 g/mol. The van der Waals surface area contributed by atoms with E-state index < -0.39 is 0 Å². The highest BCUT2D eigenvalue weighted by atomic mass is 127. The minimum atomic E-state index is 0.660. The Labute approximate surface area is 109 Å². The maximum absolute atomic E-state index is 6.11. The third-order valence-electron chi connectivity index (χ3n) is 2.78. The molecule has 0 aromatic carbocycles. The van der Waals surface area contributed by atoms with Crippen LogP contribution in [0.5, 0.6) is 0 Å². The van der Waals surface area contributed by atoms with Gasteiger partial charge in [-0.15, -0.1) is 0 Å². The van der Waals surface area contributed by atoms with Gasteiger partial charge < -0.3 is 0 Å². The smallest absolute Gasteiger partial charge is 0.134 e. The molecule has 1 saturated heterocycles. The molecule has 0 saturated carbocycles. The van der Waals surface area contributed by atoms with Crippen LogP contribution in [0.4, 0.5) is 0 Å². The van der Waals surface area contributed by atoms with Crippen molar-refractivity contribution in [3.8, 4) is 0 Å². The van der Waals surface area contributed by atoms with Crippen LogP contribution in [0.25, 0.3) is 0 Å². The second kappa shape index (κ2) is 5.46. The minimum Gasteiger partial charge on any atom is -0.299 e. The van der Waals surface area contributed by atoms with E-state index in [-0.39, 0.29) is 0 Å². The Morgan fingerprint density at radius 2 is 2.07 bits per heavy atom. The van der Waals surface area contributed by atoms with Crippen LogP contribution >= 0.6 is 34.2 Å². The van der Waals surface area contributed by atoms with Gasteiger partial charge in [0.25, 0.3) is 0 Å². The maximum atomic E-state index is 6.11. The van der Waals surface area contributed by atoms with Crippen LogP contribution in [-0.4, -0.2) is 23.0 Å². The fraction of sp³-hybridized carbons (Fsp3) is 0.545. The predicted molar refractivity (Wildman–Crippen MR) is 71.1 cm³/mol. The van der Waals surface area contributed by atoms with Gasteiger partial charge >= 0.3 is 0 Å². The molecule has 0 bridgehead atoms. The standard InChI is InChI=1S/C11H14ClIN2/c12-11-9(10(13)4-5-14-11)8-15-6-2-1-3-7-15/h4-5H,1-3,6-8H2. The highest BCUT2D eigenvalue weighted by molar-refractivity contribution is 14.1. The molecule has 2 rings (SSSR count). The van der Waals surface area contributed by atoms with Crippen molar-refractivity contribution in [3.05, 3.63) is 26.5 Å². The molecule has 0 spiro atoms. The monoisotopic (exact) mass is 336 g/mol. The summed E-state index contributed by atoms with van der Waals surface area (Å²) in [6, 6.07) is 2.02. The Balaban J connectivity index is 2.09. The summed E-state index contributed by atoms with van der Waals surface area (Å²) in [5, 5.41) is 0.660. The summed E-state index contributed by atoms with van der Waals surface area (Å²) in [6.07, 6.45) is 5.76. The predicted octanol–water partition coefficient (Wildman–Crippen LogP) is 3.33. The average Bonchev–Trinajstić information content (AvgIpc) is 2.25. The van der Waals surface area contributed by atoms with Crippen molar-refractivity contribution >= 4 is 34.2 Å². The Morgan fingerprint density at radius 1 is 1.33 bits per heavy atom. The van der Waals surface area contributed by atoms with Gasteiger partial charge in [0.2, 0.25) is 0 Å². The zero-order valence-electron chi connectivity index (χ0n) is 8.55. The first-order valence-corrected chi connectivity index (χ1v) is 6.74. The van der Waals surface area contributed by atoms with Crippen molar-refractivity contribution in [2.75, 3.05) is 13.1 Å². The van der Waals surface area contributed by atoms with E-state index in [1.165, 1.54) is 41.5 Å². The van der Waals surface area contributed by atoms with Crippen molar-refractivity contribution in [1.82, 2.24) is 9.88 Å². The van der Waals surface area contributed by atoms with Crippen LogP contribution in [0.1, 0.15) is 24.8 Å². The summed E-state index contributed by atoms with van der Waals surface area (Å²) in [7, 11) is 0. The van der Waals surface area contributed by atoms with Crippen LogP contribution in [0.15, 0.2) is 12.3 Å². The number of nitrogens with zero attached hydrogens (tertiary/aromatic N) is 2. The van der Waals surface area contributed by atoms with E-state index in [1.807, 2.05) is 6.07 Å². The van der Waals surface area contributed by atoms with Crippen molar-refractivity contribution in [3.63, 3.8) is 0 Å². The van der Waals surface area contributed by atoms with Crippen LogP contribution in [0, 0.1) is 3.57 Å². The lowest BCUT2D eigenvalue weighted by molar-refractivity contribution is 0.220. The van der Waals surface area contributed by atoms with Crippen LogP contribution in [0.2, 0.25) is 5.15 Å². The van der Waals surface area contributed by atoms with Gasteiger partial charge in [0.1, 0.15) is 5.15 Å². The number of likely N-dealkylation sites (tertiary alicyclic amines) is 1. The second-order valence-electron chi connectivity index (χ2n) is 3.90. The zero-order valence-corrected chi connectivity index (χ0v) is 11.5. The van der Waals surface area contributed by atoms with Crippen molar-refractivity contribution < 1.29 is 0 Å². The molecule has 82 valence electrons. The van der Waals surface area contributed by atoms with Crippen molar-refractivity contribution in [2.45, 2.75) is 25.8 Å². The largest absolute Gasteiger partial charge is 0.299 e. The van der Waals surface area contributed by atoms with E-state index in [2.05, 4.69) is 32.5 Å². The number of rotatable bonds is 2. The topological polar surface area (TPSA) is 16.1 Å². The maximum Gasteiger partial charge on any atom is 0.134 e. The molecule has 2 heterocycles. The lowest BCUT2D eigenvalue weighted by atomic mass is 10.1. The molecule has 0 N–H and O–H groups in total. The molecule has 0 amide bonds. The molecule has 1 aromatic heterocycles. The summed E-state index contributed by atoms with van der Waals surface area (Å²) < 4.78 is 1.22. The number of pyridine rings is 1. The van der Waals surface area contributed by atoms with Crippen molar-refractivity contribution in [1.29, 1.82) is 0 Å². The number of aromatic nitrogens is 1. The zero-order chi connectivity index (χ0) is 10.7. The van der Waals surface area contributed by atoms with Gasteiger partial charge in [0.15, 0.2) is 0 Å². The molecule has 2 nitrogen and oxygen atoms in total. The Morgan fingerprint density at radius 3 is 2.73 bits per heavy atom. The molecule has 1 aliphatic rings. The van der Waals surface area contributed by atoms with Gasteiger partial charge in [-0.25, -0.2) is 4.98 Å². The quantitative estimate of drug-likeness (QED) is 0.608. The van der Waals surface area contributed by atoms with Gasteiger partial charge in [-0.3, -0.25) is 4.90 Å². The van der Waals surface area contributed by atoms with E-state index in [4.69, 9.17) is 11.6 Å². The SMILES string of the molecule is Clc1nccc(I)c1CN1CCCCC1. The first kappa shape index (κ1) is 11.6. The second-order valence-corrected chi connectivity index (χ2v) is 5.42. The molecule has 0 radical (unpaired) electrons. The van der Waals surface area contributed by atoms with E-state index >= 15 is 0 Å². The van der Waals surface area contributed by atoms with Crippen molar-refractivity contribution in [2.24, 2.45) is 0 Å². The molecule has 1 fully saturated rings. The van der Waals surface area contributed by atoms with Gasteiger partial charge in [-0.1, -0.05) is 18.0 Å². The van der Waals surface area contributed by atoms with Crippen LogP contribution in [0.3, 0.4) is 0 Å². The summed E-state index contributed by atoms with van der Waals surface area (Å²) in [6.45, 7) is 3.34. The lowest BCUT2D eigenvalue weighted by Crippen LogP contribution is -2.29. The summed E-state index contributed by atoms with van der Waals surface area (Å²) in [4.78, 5) is 6.61. The molecular formula is C11H14ClIN2. The van der Waals surface area contributed by atoms with Crippen LogP contribution < -0.4 is 0 Å². The molecule has 0 atom stereocenters. The fourth-order valence-corrected chi connectivity index (χ4v) is 2.89. The Hall–Kier alpha value is 0.130. The average molecular weight is 337 g/mol. The number of hydrogen-bond acceptors (Lipinski definition) is 2. The molecule has 15 heavy (non-hydrogen) atoms. The Bertz CT molecular complexity index is 317.